The zero-order valence-electron chi connectivity index (χ0n) is 13.6. The summed E-state index contributed by atoms with van der Waals surface area (Å²) >= 11 is 0. The Morgan fingerprint density at radius 3 is 2.52 bits per heavy atom. The summed E-state index contributed by atoms with van der Waals surface area (Å²) < 4.78 is 10.5. The number of carbonyl (C=O) groups excluding carboxylic acids is 1. The van der Waals surface area contributed by atoms with Crippen LogP contribution in [0.25, 0.3) is 16.8 Å². The first kappa shape index (κ1) is 15.1. The lowest BCUT2D eigenvalue weighted by molar-refractivity contribution is -0.129. The van der Waals surface area contributed by atoms with E-state index in [0.717, 1.165) is 27.6 Å². The minimum absolute atomic E-state index is 0.298. The van der Waals surface area contributed by atoms with Crippen molar-refractivity contribution in [2.45, 2.75) is 0 Å². The highest BCUT2D eigenvalue weighted by molar-refractivity contribution is 6.12. The molecule has 0 N–H and O–H groups in total. The van der Waals surface area contributed by atoms with Crippen LogP contribution in [-0.2, 0) is 9.53 Å². The van der Waals surface area contributed by atoms with Gasteiger partial charge in [-0.2, -0.15) is 0 Å². The van der Waals surface area contributed by atoms with Crippen LogP contribution in [0.15, 0.2) is 77.4 Å². The fraction of sp³-hybridized carbons (Fsp3) is 0.0476. The van der Waals surface area contributed by atoms with Gasteiger partial charge in [-0.25, -0.2) is 9.79 Å². The summed E-state index contributed by atoms with van der Waals surface area (Å²) in [5.74, 6) is 0.714. The lowest BCUT2D eigenvalue weighted by Gasteiger charge is -2.03. The average molecular weight is 329 g/mol. The van der Waals surface area contributed by atoms with Crippen molar-refractivity contribution in [3.05, 3.63) is 83.6 Å². The van der Waals surface area contributed by atoms with Crippen LogP contribution in [0.4, 0.5) is 0 Å². The second-order valence-corrected chi connectivity index (χ2v) is 5.67. The summed E-state index contributed by atoms with van der Waals surface area (Å²) in [6.45, 7) is 0. The number of hydrogen-bond donors (Lipinski definition) is 0. The molecular formula is C21H15NO3. The minimum Gasteiger partial charge on any atom is -0.497 e. The van der Waals surface area contributed by atoms with Gasteiger partial charge in [-0.1, -0.05) is 36.4 Å². The minimum atomic E-state index is -0.436. The van der Waals surface area contributed by atoms with Gasteiger partial charge in [0.2, 0.25) is 5.90 Å². The standard InChI is InChI=1S/C21H15NO3/c1-24-18-10-9-16-11-14(7-8-17(16)13-18)12-19-21(23)25-20(22-19)15-5-3-2-4-6-15/h2-13H,1H3/b19-12-. The zero-order valence-corrected chi connectivity index (χ0v) is 13.6. The van der Waals surface area contributed by atoms with Gasteiger partial charge in [-0.15, -0.1) is 0 Å². The van der Waals surface area contributed by atoms with Gasteiger partial charge in [0, 0.05) is 5.56 Å². The summed E-state index contributed by atoms with van der Waals surface area (Å²) in [6, 6.07) is 21.2. The highest BCUT2D eigenvalue weighted by Crippen LogP contribution is 2.24. The second-order valence-electron chi connectivity index (χ2n) is 5.67. The molecule has 0 aliphatic carbocycles. The Kier molecular flexibility index (Phi) is 3.78. The summed E-state index contributed by atoms with van der Waals surface area (Å²) in [5.41, 5.74) is 1.97. The van der Waals surface area contributed by atoms with E-state index in [4.69, 9.17) is 9.47 Å². The topological polar surface area (TPSA) is 47.9 Å². The molecule has 122 valence electrons. The van der Waals surface area contributed by atoms with Gasteiger partial charge >= 0.3 is 5.97 Å². The molecule has 1 heterocycles. The number of ether oxygens (including phenoxy) is 2. The number of cyclic esters (lactones) is 1. The molecule has 25 heavy (non-hydrogen) atoms. The predicted molar refractivity (Wildman–Crippen MR) is 97.5 cm³/mol. The molecule has 0 saturated carbocycles. The summed E-state index contributed by atoms with van der Waals surface area (Å²) in [5, 5.41) is 2.14. The Morgan fingerprint density at radius 2 is 1.72 bits per heavy atom. The molecule has 0 fully saturated rings. The van der Waals surface area contributed by atoms with Crippen molar-refractivity contribution in [2.75, 3.05) is 7.11 Å². The van der Waals surface area contributed by atoms with Crippen LogP contribution < -0.4 is 4.74 Å². The Morgan fingerprint density at radius 1 is 0.960 bits per heavy atom. The largest absolute Gasteiger partial charge is 0.497 e. The predicted octanol–water partition coefficient (Wildman–Crippen LogP) is 4.19. The van der Waals surface area contributed by atoms with E-state index < -0.39 is 5.97 Å². The monoisotopic (exact) mass is 329 g/mol. The molecule has 0 unspecified atom stereocenters. The lowest BCUT2D eigenvalue weighted by Crippen LogP contribution is -2.04. The molecule has 1 aliphatic heterocycles. The molecule has 4 heteroatoms. The highest BCUT2D eigenvalue weighted by atomic mass is 16.6. The van der Waals surface area contributed by atoms with E-state index in [0.29, 0.717) is 11.6 Å². The molecule has 1 aliphatic rings. The van der Waals surface area contributed by atoms with Crippen molar-refractivity contribution in [1.82, 2.24) is 0 Å². The second kappa shape index (κ2) is 6.24. The molecule has 0 saturated heterocycles. The third-order valence-electron chi connectivity index (χ3n) is 4.02. The quantitative estimate of drug-likeness (QED) is 0.535. The number of esters is 1. The third kappa shape index (κ3) is 3.02. The van der Waals surface area contributed by atoms with E-state index in [9.17, 15) is 4.79 Å². The first-order valence-electron chi connectivity index (χ1n) is 7.89. The van der Waals surface area contributed by atoms with Gasteiger partial charge in [0.05, 0.1) is 7.11 Å². The summed E-state index contributed by atoms with van der Waals surface area (Å²) in [4.78, 5) is 16.4. The molecule has 0 spiro atoms. The SMILES string of the molecule is COc1ccc2cc(/C=C3\N=C(c4ccccc4)OC3=O)ccc2c1. The number of nitrogens with zero attached hydrogens (tertiary/aromatic N) is 1. The molecular weight excluding hydrogens is 314 g/mol. The van der Waals surface area contributed by atoms with Crippen molar-refractivity contribution in [3.8, 4) is 5.75 Å². The van der Waals surface area contributed by atoms with E-state index in [1.807, 2.05) is 66.7 Å². The van der Waals surface area contributed by atoms with Crippen molar-refractivity contribution in [2.24, 2.45) is 4.99 Å². The Balaban J connectivity index is 1.69. The Bertz CT molecular complexity index is 1020. The van der Waals surface area contributed by atoms with Crippen LogP contribution in [0.5, 0.6) is 5.75 Å². The van der Waals surface area contributed by atoms with Gasteiger partial charge < -0.3 is 9.47 Å². The fourth-order valence-electron chi connectivity index (χ4n) is 2.73. The van der Waals surface area contributed by atoms with E-state index in [1.54, 1.807) is 13.2 Å². The third-order valence-corrected chi connectivity index (χ3v) is 4.02. The molecule has 0 radical (unpaired) electrons. The van der Waals surface area contributed by atoms with Crippen LogP contribution >= 0.6 is 0 Å². The molecule has 4 rings (SSSR count). The number of fused-ring (bicyclic) bond motifs is 1. The van der Waals surface area contributed by atoms with Crippen LogP contribution in [0.1, 0.15) is 11.1 Å². The van der Waals surface area contributed by atoms with E-state index in [-0.39, 0.29) is 0 Å². The number of carbonyl (C=O) groups is 1. The maximum atomic E-state index is 12.1. The number of benzene rings is 3. The highest BCUT2D eigenvalue weighted by Gasteiger charge is 2.23. The molecule has 0 aromatic heterocycles. The summed E-state index contributed by atoms with van der Waals surface area (Å²) in [6.07, 6.45) is 1.74. The normalized spacial score (nSPS) is 15.3. The van der Waals surface area contributed by atoms with Gasteiger partial charge in [-0.05, 0) is 52.7 Å². The van der Waals surface area contributed by atoms with Gasteiger partial charge in [0.15, 0.2) is 5.70 Å². The smallest absolute Gasteiger partial charge is 0.363 e. The molecule has 0 bridgehead atoms. The van der Waals surface area contributed by atoms with Gasteiger partial charge in [0.1, 0.15) is 5.75 Å². The number of methoxy groups -OCH3 is 1. The molecule has 3 aromatic rings. The fourth-order valence-corrected chi connectivity index (χ4v) is 2.73. The van der Waals surface area contributed by atoms with Crippen LogP contribution in [-0.4, -0.2) is 19.0 Å². The first-order chi connectivity index (χ1) is 12.2. The van der Waals surface area contributed by atoms with Gasteiger partial charge in [-0.3, -0.25) is 0 Å². The van der Waals surface area contributed by atoms with Crippen molar-refractivity contribution < 1.29 is 14.3 Å². The first-order valence-corrected chi connectivity index (χ1v) is 7.89. The molecule has 3 aromatic carbocycles. The average Bonchev–Trinajstić information content (AvgIpc) is 3.02. The molecule has 0 amide bonds. The maximum Gasteiger partial charge on any atom is 0.363 e. The number of aliphatic imine (C=N–C) groups is 1. The molecule has 0 atom stereocenters. The Hall–Kier alpha value is -3.40. The zero-order chi connectivity index (χ0) is 17.2. The van der Waals surface area contributed by atoms with Crippen molar-refractivity contribution >= 4 is 28.7 Å². The van der Waals surface area contributed by atoms with E-state index in [1.165, 1.54) is 0 Å². The lowest BCUT2D eigenvalue weighted by atomic mass is 10.1. The van der Waals surface area contributed by atoms with Crippen LogP contribution in [0, 0.1) is 0 Å². The Labute approximate surface area is 145 Å². The summed E-state index contributed by atoms with van der Waals surface area (Å²) in [7, 11) is 1.65. The van der Waals surface area contributed by atoms with Crippen molar-refractivity contribution in [3.63, 3.8) is 0 Å². The van der Waals surface area contributed by atoms with Crippen molar-refractivity contribution in [1.29, 1.82) is 0 Å². The van der Waals surface area contributed by atoms with E-state index in [2.05, 4.69) is 4.99 Å². The van der Waals surface area contributed by atoms with Crippen LogP contribution in [0.2, 0.25) is 0 Å². The number of hydrogen-bond acceptors (Lipinski definition) is 4. The van der Waals surface area contributed by atoms with E-state index >= 15 is 0 Å². The maximum absolute atomic E-state index is 12.1. The van der Waals surface area contributed by atoms with Crippen LogP contribution in [0.3, 0.4) is 0 Å². The number of rotatable bonds is 3. The molecule has 4 nitrogen and oxygen atoms in total. The van der Waals surface area contributed by atoms with Gasteiger partial charge in [0.25, 0.3) is 0 Å².